The van der Waals surface area contributed by atoms with Crippen LogP contribution in [0.5, 0.6) is 0 Å². The van der Waals surface area contributed by atoms with E-state index in [9.17, 15) is 4.39 Å². The minimum atomic E-state index is -0.432. The molecule has 0 amide bonds. The first kappa shape index (κ1) is 10.2. The van der Waals surface area contributed by atoms with Gasteiger partial charge in [-0.3, -0.25) is 0 Å². The Hall–Kier alpha value is -0.860. The first-order valence-electron chi connectivity index (χ1n) is 3.96. The monoisotopic (exact) mass is 199 g/mol. The maximum atomic E-state index is 13.0. The van der Waals surface area contributed by atoms with Crippen molar-refractivity contribution >= 4 is 11.6 Å². The van der Waals surface area contributed by atoms with E-state index in [1.165, 1.54) is 12.1 Å². The van der Waals surface area contributed by atoms with Crippen LogP contribution in [0.2, 0.25) is 5.02 Å². The Morgan fingerprint density at radius 3 is 2.85 bits per heavy atom. The van der Waals surface area contributed by atoms with E-state index in [-0.39, 0.29) is 11.1 Å². The summed E-state index contributed by atoms with van der Waals surface area (Å²) in [4.78, 5) is 0. The van der Waals surface area contributed by atoms with Crippen LogP contribution in [0.15, 0.2) is 30.9 Å². The molecule has 1 aromatic carbocycles. The molecule has 0 unspecified atom stereocenters. The molecule has 70 valence electrons. The Kier molecular flexibility index (Phi) is 3.46. The highest BCUT2D eigenvalue weighted by atomic mass is 35.5. The van der Waals surface area contributed by atoms with Crippen LogP contribution in [0.25, 0.3) is 0 Å². The van der Waals surface area contributed by atoms with Gasteiger partial charge in [-0.15, -0.1) is 6.58 Å². The molecule has 0 saturated heterocycles. The summed E-state index contributed by atoms with van der Waals surface area (Å²) in [5, 5.41) is 0.120. The summed E-state index contributed by atoms with van der Waals surface area (Å²) in [6.45, 7) is 3.57. The summed E-state index contributed by atoms with van der Waals surface area (Å²) < 4.78 is 13.0. The molecule has 0 heterocycles. The molecule has 3 heteroatoms. The molecule has 0 spiro atoms. The van der Waals surface area contributed by atoms with E-state index in [0.717, 1.165) is 5.56 Å². The van der Waals surface area contributed by atoms with Crippen molar-refractivity contribution in [3.05, 3.63) is 47.3 Å². The highest BCUT2D eigenvalue weighted by molar-refractivity contribution is 6.30. The predicted octanol–water partition coefficient (Wildman–Crippen LogP) is 3.06. The Bertz CT molecular complexity index is 312. The molecule has 2 N–H and O–H groups in total. The molecule has 0 bridgehead atoms. The Morgan fingerprint density at radius 2 is 2.31 bits per heavy atom. The standard InChI is InChI=1S/C10H11ClFN/c1-2-3-10(13)7-4-5-8(11)9(12)6-7/h2,4-6,10H,1,3,13H2/t10-/m1/s1. The van der Waals surface area contributed by atoms with Crippen molar-refractivity contribution in [2.45, 2.75) is 12.5 Å². The summed E-state index contributed by atoms with van der Waals surface area (Å²) in [5.74, 6) is -0.432. The van der Waals surface area contributed by atoms with Gasteiger partial charge in [-0.05, 0) is 24.1 Å². The zero-order valence-electron chi connectivity index (χ0n) is 7.13. The second kappa shape index (κ2) is 4.40. The normalized spacial score (nSPS) is 12.5. The van der Waals surface area contributed by atoms with Crippen molar-refractivity contribution < 1.29 is 4.39 Å². The summed E-state index contributed by atoms with van der Waals surface area (Å²) in [5.41, 5.74) is 6.48. The Balaban J connectivity index is 2.89. The zero-order chi connectivity index (χ0) is 9.84. The average molecular weight is 200 g/mol. The van der Waals surface area contributed by atoms with Crippen molar-refractivity contribution in [3.63, 3.8) is 0 Å². The van der Waals surface area contributed by atoms with Gasteiger partial charge in [0.15, 0.2) is 0 Å². The topological polar surface area (TPSA) is 26.0 Å². The van der Waals surface area contributed by atoms with Crippen LogP contribution in [0.3, 0.4) is 0 Å². The molecule has 0 aliphatic rings. The van der Waals surface area contributed by atoms with Gasteiger partial charge >= 0.3 is 0 Å². The van der Waals surface area contributed by atoms with Crippen LogP contribution in [-0.4, -0.2) is 0 Å². The predicted molar refractivity (Wildman–Crippen MR) is 53.2 cm³/mol. The quantitative estimate of drug-likeness (QED) is 0.744. The van der Waals surface area contributed by atoms with E-state index in [1.54, 1.807) is 12.1 Å². The fraction of sp³-hybridized carbons (Fsp3) is 0.200. The summed E-state index contributed by atoms with van der Waals surface area (Å²) >= 11 is 5.53. The fourth-order valence-electron chi connectivity index (χ4n) is 1.06. The lowest BCUT2D eigenvalue weighted by Gasteiger charge is -2.09. The molecule has 1 atom stereocenters. The van der Waals surface area contributed by atoms with E-state index in [1.807, 2.05) is 0 Å². The number of hydrogen-bond donors (Lipinski definition) is 1. The largest absolute Gasteiger partial charge is 0.324 e. The van der Waals surface area contributed by atoms with Crippen LogP contribution < -0.4 is 5.73 Å². The molecule has 0 fully saturated rings. The van der Waals surface area contributed by atoms with Gasteiger partial charge in [-0.2, -0.15) is 0 Å². The Labute approximate surface area is 82.0 Å². The third-order valence-electron chi connectivity index (χ3n) is 1.79. The van der Waals surface area contributed by atoms with Gasteiger partial charge in [0.05, 0.1) is 5.02 Å². The van der Waals surface area contributed by atoms with Crippen LogP contribution in [-0.2, 0) is 0 Å². The van der Waals surface area contributed by atoms with Crippen molar-refractivity contribution in [3.8, 4) is 0 Å². The lowest BCUT2D eigenvalue weighted by atomic mass is 10.1. The number of rotatable bonds is 3. The van der Waals surface area contributed by atoms with Gasteiger partial charge in [-0.1, -0.05) is 23.7 Å². The number of nitrogens with two attached hydrogens (primary N) is 1. The minimum Gasteiger partial charge on any atom is -0.324 e. The van der Waals surface area contributed by atoms with Gasteiger partial charge in [0.1, 0.15) is 5.82 Å². The van der Waals surface area contributed by atoms with E-state index < -0.39 is 5.82 Å². The minimum absolute atomic E-state index is 0.120. The molecule has 0 radical (unpaired) electrons. The van der Waals surface area contributed by atoms with Gasteiger partial charge in [0.2, 0.25) is 0 Å². The first-order chi connectivity index (χ1) is 6.15. The smallest absolute Gasteiger partial charge is 0.142 e. The molecular weight excluding hydrogens is 189 g/mol. The van der Waals surface area contributed by atoms with E-state index in [2.05, 4.69) is 6.58 Å². The van der Waals surface area contributed by atoms with Crippen molar-refractivity contribution in [2.24, 2.45) is 5.73 Å². The highest BCUT2D eigenvalue weighted by Crippen LogP contribution is 2.20. The van der Waals surface area contributed by atoms with E-state index in [4.69, 9.17) is 17.3 Å². The van der Waals surface area contributed by atoms with Crippen molar-refractivity contribution in [1.29, 1.82) is 0 Å². The molecule has 0 saturated carbocycles. The Morgan fingerprint density at radius 1 is 1.62 bits per heavy atom. The second-order valence-electron chi connectivity index (χ2n) is 2.80. The number of halogens is 2. The van der Waals surface area contributed by atoms with E-state index in [0.29, 0.717) is 6.42 Å². The zero-order valence-corrected chi connectivity index (χ0v) is 7.89. The fourth-order valence-corrected chi connectivity index (χ4v) is 1.18. The summed E-state index contributed by atoms with van der Waals surface area (Å²) in [6.07, 6.45) is 2.33. The highest BCUT2D eigenvalue weighted by Gasteiger charge is 2.06. The van der Waals surface area contributed by atoms with E-state index >= 15 is 0 Å². The van der Waals surface area contributed by atoms with Crippen LogP contribution >= 0.6 is 11.6 Å². The number of hydrogen-bond acceptors (Lipinski definition) is 1. The third-order valence-corrected chi connectivity index (χ3v) is 2.10. The van der Waals surface area contributed by atoms with Crippen LogP contribution in [0, 0.1) is 5.82 Å². The lowest BCUT2D eigenvalue weighted by molar-refractivity contribution is 0.620. The van der Waals surface area contributed by atoms with Gasteiger partial charge < -0.3 is 5.73 Å². The lowest BCUT2D eigenvalue weighted by Crippen LogP contribution is -2.09. The third kappa shape index (κ3) is 2.54. The molecule has 0 aromatic heterocycles. The van der Waals surface area contributed by atoms with Gasteiger partial charge in [0.25, 0.3) is 0 Å². The molecule has 0 aliphatic carbocycles. The molecule has 0 aliphatic heterocycles. The second-order valence-corrected chi connectivity index (χ2v) is 3.21. The average Bonchev–Trinajstić information content (AvgIpc) is 2.10. The SMILES string of the molecule is C=CC[C@@H](N)c1ccc(Cl)c(F)c1. The summed E-state index contributed by atoms with van der Waals surface area (Å²) in [6, 6.07) is 4.38. The maximum absolute atomic E-state index is 13.0. The first-order valence-corrected chi connectivity index (χ1v) is 4.34. The van der Waals surface area contributed by atoms with Crippen LogP contribution in [0.1, 0.15) is 18.0 Å². The van der Waals surface area contributed by atoms with Gasteiger partial charge in [-0.25, -0.2) is 4.39 Å². The van der Waals surface area contributed by atoms with Crippen molar-refractivity contribution in [2.75, 3.05) is 0 Å². The van der Waals surface area contributed by atoms with Crippen LogP contribution in [0.4, 0.5) is 4.39 Å². The summed E-state index contributed by atoms with van der Waals surface area (Å²) in [7, 11) is 0. The molecule has 1 aromatic rings. The maximum Gasteiger partial charge on any atom is 0.142 e. The molecular formula is C10H11ClFN. The molecule has 1 nitrogen and oxygen atoms in total. The molecule has 1 rings (SSSR count). The van der Waals surface area contributed by atoms with Crippen molar-refractivity contribution in [1.82, 2.24) is 0 Å². The molecule has 13 heavy (non-hydrogen) atoms. The van der Waals surface area contributed by atoms with Gasteiger partial charge in [0, 0.05) is 6.04 Å². The number of benzene rings is 1.